The van der Waals surface area contributed by atoms with Crippen molar-refractivity contribution in [3.05, 3.63) is 65.0 Å². The Morgan fingerprint density at radius 3 is 2.58 bits per heavy atom. The van der Waals surface area contributed by atoms with Crippen molar-refractivity contribution >= 4 is 22.7 Å². The molecule has 0 saturated heterocycles. The minimum atomic E-state index is -0.396. The van der Waals surface area contributed by atoms with Crippen molar-refractivity contribution in [3.8, 4) is 5.75 Å². The lowest BCUT2D eigenvalue weighted by Gasteiger charge is -2.02. The summed E-state index contributed by atoms with van der Waals surface area (Å²) in [6, 6.07) is 16.1. The molecule has 0 radical (unpaired) electrons. The Labute approximate surface area is 113 Å². The lowest BCUT2D eigenvalue weighted by molar-refractivity contribution is 0.472. The minimum Gasteiger partial charge on any atom is -0.508 e. The summed E-state index contributed by atoms with van der Waals surface area (Å²) in [6.45, 7) is 0. The summed E-state index contributed by atoms with van der Waals surface area (Å²) in [7, 11) is 0. The van der Waals surface area contributed by atoms with Gasteiger partial charge < -0.3 is 9.52 Å². The van der Waals surface area contributed by atoms with Crippen molar-refractivity contribution in [2.24, 2.45) is 0 Å². The molecular formula is C15H10O3S. The zero-order valence-electron chi connectivity index (χ0n) is 9.87. The second-order valence-corrected chi connectivity index (χ2v) is 5.15. The van der Waals surface area contributed by atoms with Gasteiger partial charge in [-0.25, -0.2) is 4.79 Å². The Bertz CT molecular complexity index is 778. The van der Waals surface area contributed by atoms with Crippen molar-refractivity contribution in [3.63, 3.8) is 0 Å². The third-order valence-electron chi connectivity index (χ3n) is 2.66. The molecule has 3 aromatic rings. The van der Waals surface area contributed by atoms with E-state index in [2.05, 4.69) is 0 Å². The number of aromatic hydroxyl groups is 1. The van der Waals surface area contributed by atoms with Crippen molar-refractivity contribution < 1.29 is 9.52 Å². The van der Waals surface area contributed by atoms with Crippen LogP contribution in [0, 0.1) is 0 Å². The topological polar surface area (TPSA) is 50.4 Å². The van der Waals surface area contributed by atoms with Gasteiger partial charge in [-0.3, -0.25) is 0 Å². The molecule has 0 atom stereocenters. The van der Waals surface area contributed by atoms with E-state index in [0.29, 0.717) is 10.5 Å². The van der Waals surface area contributed by atoms with Crippen LogP contribution >= 0.6 is 11.8 Å². The maximum Gasteiger partial charge on any atom is 0.350 e. The third kappa shape index (κ3) is 2.48. The van der Waals surface area contributed by atoms with E-state index in [9.17, 15) is 9.90 Å². The van der Waals surface area contributed by atoms with Gasteiger partial charge in [0.15, 0.2) is 0 Å². The lowest BCUT2D eigenvalue weighted by Crippen LogP contribution is -2.01. The molecule has 0 aliphatic heterocycles. The first kappa shape index (κ1) is 11.9. The largest absolute Gasteiger partial charge is 0.508 e. The average molecular weight is 270 g/mol. The first-order valence-corrected chi connectivity index (χ1v) is 6.54. The van der Waals surface area contributed by atoms with Crippen LogP contribution in [0.1, 0.15) is 0 Å². The van der Waals surface area contributed by atoms with Gasteiger partial charge in [0.2, 0.25) is 0 Å². The third-order valence-corrected chi connectivity index (χ3v) is 3.67. The predicted molar refractivity (Wildman–Crippen MR) is 74.7 cm³/mol. The van der Waals surface area contributed by atoms with E-state index in [0.717, 1.165) is 10.3 Å². The van der Waals surface area contributed by atoms with Gasteiger partial charge >= 0.3 is 5.63 Å². The Kier molecular flexibility index (Phi) is 3.01. The first-order chi connectivity index (χ1) is 9.22. The van der Waals surface area contributed by atoms with E-state index in [1.165, 1.54) is 17.8 Å². The smallest absolute Gasteiger partial charge is 0.350 e. The molecule has 0 spiro atoms. The van der Waals surface area contributed by atoms with E-state index in [4.69, 9.17) is 4.42 Å². The highest BCUT2D eigenvalue weighted by atomic mass is 32.2. The number of benzene rings is 2. The molecule has 1 aromatic heterocycles. The molecule has 1 heterocycles. The minimum absolute atomic E-state index is 0.0825. The van der Waals surface area contributed by atoms with Crippen LogP contribution in [0.4, 0.5) is 0 Å². The van der Waals surface area contributed by atoms with Crippen LogP contribution in [0.2, 0.25) is 0 Å². The van der Waals surface area contributed by atoms with Gasteiger partial charge in [0.05, 0.1) is 4.90 Å². The second kappa shape index (κ2) is 4.82. The molecule has 94 valence electrons. The molecule has 2 aromatic carbocycles. The molecule has 4 heteroatoms. The average Bonchev–Trinajstić information content (AvgIpc) is 2.41. The van der Waals surface area contributed by atoms with Crippen LogP contribution < -0.4 is 5.63 Å². The molecule has 0 saturated carbocycles. The zero-order chi connectivity index (χ0) is 13.2. The van der Waals surface area contributed by atoms with Crippen molar-refractivity contribution in [2.75, 3.05) is 0 Å². The maximum atomic E-state index is 11.9. The molecule has 0 amide bonds. The van der Waals surface area contributed by atoms with Gasteiger partial charge in [-0.2, -0.15) is 0 Å². The van der Waals surface area contributed by atoms with Gasteiger partial charge in [-0.05, 0) is 30.3 Å². The molecule has 0 aliphatic rings. The van der Waals surface area contributed by atoms with Crippen LogP contribution in [0.5, 0.6) is 5.75 Å². The molecule has 3 nitrogen and oxygen atoms in total. The standard InChI is InChI=1S/C15H10O3S/c16-11-7-6-10-8-14(15(17)18-13(10)9-11)19-12-4-2-1-3-5-12/h1-9,16H. The van der Waals surface area contributed by atoms with Crippen molar-refractivity contribution in [1.29, 1.82) is 0 Å². The van der Waals surface area contributed by atoms with Gasteiger partial charge in [-0.1, -0.05) is 30.0 Å². The summed E-state index contributed by atoms with van der Waals surface area (Å²) in [5.41, 5.74) is -0.00522. The molecule has 3 rings (SSSR count). The summed E-state index contributed by atoms with van der Waals surface area (Å²) in [5, 5.41) is 10.1. The number of phenols is 1. The monoisotopic (exact) mass is 270 g/mol. The number of fused-ring (bicyclic) bond motifs is 1. The fourth-order valence-electron chi connectivity index (χ4n) is 1.77. The Hall–Kier alpha value is -2.20. The molecule has 0 aliphatic carbocycles. The number of rotatable bonds is 2. The van der Waals surface area contributed by atoms with E-state index in [1.807, 2.05) is 30.3 Å². The zero-order valence-corrected chi connectivity index (χ0v) is 10.7. The lowest BCUT2D eigenvalue weighted by atomic mass is 10.2. The van der Waals surface area contributed by atoms with Crippen LogP contribution in [-0.4, -0.2) is 5.11 Å². The highest BCUT2D eigenvalue weighted by molar-refractivity contribution is 7.99. The summed E-state index contributed by atoms with van der Waals surface area (Å²) in [5.74, 6) is 0.0825. The van der Waals surface area contributed by atoms with Crippen LogP contribution in [0.3, 0.4) is 0 Å². The quantitative estimate of drug-likeness (QED) is 0.722. The molecule has 0 unspecified atom stereocenters. The Morgan fingerprint density at radius 2 is 1.79 bits per heavy atom. The summed E-state index contributed by atoms with van der Waals surface area (Å²) in [6.07, 6.45) is 0. The van der Waals surface area contributed by atoms with Gasteiger partial charge in [0.1, 0.15) is 11.3 Å². The maximum absolute atomic E-state index is 11.9. The van der Waals surface area contributed by atoms with E-state index in [-0.39, 0.29) is 5.75 Å². The molecule has 19 heavy (non-hydrogen) atoms. The van der Waals surface area contributed by atoms with E-state index >= 15 is 0 Å². The normalized spacial score (nSPS) is 10.7. The van der Waals surface area contributed by atoms with Gasteiger partial charge in [-0.15, -0.1) is 0 Å². The van der Waals surface area contributed by atoms with Crippen LogP contribution in [0.15, 0.2) is 73.6 Å². The molecule has 1 N–H and O–H groups in total. The molecule has 0 fully saturated rings. The second-order valence-electron chi connectivity index (χ2n) is 4.04. The first-order valence-electron chi connectivity index (χ1n) is 5.72. The highest BCUT2D eigenvalue weighted by Crippen LogP contribution is 2.28. The highest BCUT2D eigenvalue weighted by Gasteiger charge is 2.07. The summed E-state index contributed by atoms with van der Waals surface area (Å²) >= 11 is 1.36. The number of hydrogen-bond acceptors (Lipinski definition) is 4. The Balaban J connectivity index is 2.07. The fraction of sp³-hybridized carbons (Fsp3) is 0. The van der Waals surface area contributed by atoms with Gasteiger partial charge in [0.25, 0.3) is 0 Å². The fourth-order valence-corrected chi connectivity index (χ4v) is 2.63. The molecular weight excluding hydrogens is 260 g/mol. The van der Waals surface area contributed by atoms with Crippen molar-refractivity contribution in [1.82, 2.24) is 0 Å². The summed E-state index contributed by atoms with van der Waals surface area (Å²) < 4.78 is 5.21. The van der Waals surface area contributed by atoms with Crippen LogP contribution in [-0.2, 0) is 0 Å². The number of hydrogen-bond donors (Lipinski definition) is 1. The predicted octanol–water partition coefficient (Wildman–Crippen LogP) is 3.65. The van der Waals surface area contributed by atoms with Gasteiger partial charge in [0, 0.05) is 16.3 Å². The number of phenolic OH excluding ortho intramolecular Hbond substituents is 1. The summed E-state index contributed by atoms with van der Waals surface area (Å²) in [4.78, 5) is 13.4. The Morgan fingerprint density at radius 1 is 1.00 bits per heavy atom. The SMILES string of the molecule is O=c1oc2cc(O)ccc2cc1Sc1ccccc1. The van der Waals surface area contributed by atoms with Crippen molar-refractivity contribution in [2.45, 2.75) is 9.79 Å². The van der Waals surface area contributed by atoms with E-state index < -0.39 is 5.63 Å². The van der Waals surface area contributed by atoms with E-state index in [1.54, 1.807) is 18.2 Å². The van der Waals surface area contributed by atoms with Crippen LogP contribution in [0.25, 0.3) is 11.0 Å². The molecule has 0 bridgehead atoms.